The summed E-state index contributed by atoms with van der Waals surface area (Å²) in [7, 11) is -3.59. The summed E-state index contributed by atoms with van der Waals surface area (Å²) >= 11 is 7.40. The van der Waals surface area contributed by atoms with Crippen LogP contribution < -0.4 is 14.2 Å². The molecule has 0 fully saturated rings. The minimum absolute atomic E-state index is 0.174. The molecule has 3 rings (SSSR count). The summed E-state index contributed by atoms with van der Waals surface area (Å²) in [5, 5.41) is 0.680. The van der Waals surface area contributed by atoms with Crippen molar-refractivity contribution < 1.29 is 17.9 Å². The van der Waals surface area contributed by atoms with Crippen molar-refractivity contribution in [3.8, 4) is 11.5 Å². The minimum Gasteiger partial charge on any atom is -0.490 e. The normalized spacial score (nSPS) is 14.1. The Labute approximate surface area is 156 Å². The SMILES string of the molecule is O=S(=O)(NCCSc1ccc(Cl)cc1)c1ccc2c(c1)OCCCO2. The number of benzene rings is 2. The molecule has 2 aromatic rings. The second-order valence-corrected chi connectivity index (χ2v) is 8.73. The summed E-state index contributed by atoms with van der Waals surface area (Å²) in [6.07, 6.45) is 0.775. The van der Waals surface area contributed by atoms with Crippen LogP contribution in [-0.2, 0) is 10.0 Å². The summed E-state index contributed by atoms with van der Waals surface area (Å²) in [5.41, 5.74) is 0. The fourth-order valence-corrected chi connectivity index (χ4v) is 4.34. The predicted molar refractivity (Wildman–Crippen MR) is 99.4 cm³/mol. The number of nitrogens with one attached hydrogen (secondary N) is 1. The molecule has 1 aliphatic heterocycles. The highest BCUT2D eigenvalue weighted by Crippen LogP contribution is 2.31. The molecule has 1 heterocycles. The first-order valence-electron chi connectivity index (χ1n) is 7.82. The molecule has 134 valence electrons. The maximum absolute atomic E-state index is 12.4. The standard InChI is InChI=1S/C17H18ClNO4S2/c18-13-2-4-14(5-3-13)24-11-8-19-25(20,21)15-6-7-16-17(12-15)23-10-1-9-22-16/h2-7,12,19H,1,8-11H2. The number of halogens is 1. The molecule has 1 N–H and O–H groups in total. The van der Waals surface area contributed by atoms with E-state index in [1.165, 1.54) is 12.1 Å². The van der Waals surface area contributed by atoms with E-state index < -0.39 is 10.0 Å². The molecule has 0 amide bonds. The Bertz CT molecular complexity index is 825. The molecule has 25 heavy (non-hydrogen) atoms. The Kier molecular flexibility index (Phi) is 6.11. The lowest BCUT2D eigenvalue weighted by atomic mass is 10.3. The van der Waals surface area contributed by atoms with Crippen LogP contribution in [0.4, 0.5) is 0 Å². The van der Waals surface area contributed by atoms with Gasteiger partial charge in [0.25, 0.3) is 0 Å². The van der Waals surface area contributed by atoms with Crippen LogP contribution in [0.2, 0.25) is 5.02 Å². The fraction of sp³-hybridized carbons (Fsp3) is 0.294. The average Bonchev–Trinajstić information content (AvgIpc) is 2.85. The van der Waals surface area contributed by atoms with Crippen molar-refractivity contribution in [1.82, 2.24) is 4.72 Å². The van der Waals surface area contributed by atoms with E-state index in [0.717, 1.165) is 11.3 Å². The third-order valence-corrected chi connectivity index (χ3v) is 6.23. The Morgan fingerprint density at radius 3 is 2.52 bits per heavy atom. The van der Waals surface area contributed by atoms with E-state index in [4.69, 9.17) is 21.1 Å². The number of ether oxygens (including phenoxy) is 2. The van der Waals surface area contributed by atoms with E-state index in [0.29, 0.717) is 42.0 Å². The van der Waals surface area contributed by atoms with E-state index in [1.54, 1.807) is 17.8 Å². The summed E-state index contributed by atoms with van der Waals surface area (Å²) in [5.74, 6) is 1.66. The van der Waals surface area contributed by atoms with Crippen molar-refractivity contribution in [3.05, 3.63) is 47.5 Å². The molecule has 0 saturated heterocycles. The molecular formula is C17H18ClNO4S2. The highest BCUT2D eigenvalue weighted by Gasteiger charge is 2.18. The van der Waals surface area contributed by atoms with Crippen molar-refractivity contribution in [3.63, 3.8) is 0 Å². The number of rotatable bonds is 6. The quantitative estimate of drug-likeness (QED) is 0.594. The van der Waals surface area contributed by atoms with Crippen molar-refractivity contribution in [1.29, 1.82) is 0 Å². The molecule has 8 heteroatoms. The van der Waals surface area contributed by atoms with Crippen LogP contribution in [0, 0.1) is 0 Å². The van der Waals surface area contributed by atoms with E-state index in [1.807, 2.05) is 24.3 Å². The van der Waals surface area contributed by atoms with Gasteiger partial charge in [0.2, 0.25) is 10.0 Å². The number of hydrogen-bond acceptors (Lipinski definition) is 5. The van der Waals surface area contributed by atoms with Gasteiger partial charge in [-0.3, -0.25) is 0 Å². The Balaban J connectivity index is 1.58. The van der Waals surface area contributed by atoms with Gasteiger partial charge in [0.15, 0.2) is 11.5 Å². The summed E-state index contributed by atoms with van der Waals surface area (Å²) < 4.78 is 38.5. The summed E-state index contributed by atoms with van der Waals surface area (Å²) in [4.78, 5) is 1.22. The zero-order chi connectivity index (χ0) is 17.7. The third kappa shape index (κ3) is 5.04. The summed E-state index contributed by atoms with van der Waals surface area (Å²) in [6.45, 7) is 1.41. The third-order valence-electron chi connectivity index (χ3n) is 3.51. The molecule has 0 unspecified atom stereocenters. The van der Waals surface area contributed by atoms with Gasteiger partial charge >= 0.3 is 0 Å². The van der Waals surface area contributed by atoms with Crippen LogP contribution >= 0.6 is 23.4 Å². The predicted octanol–water partition coefficient (Wildman–Crippen LogP) is 3.57. The summed E-state index contributed by atoms with van der Waals surface area (Å²) in [6, 6.07) is 12.1. The molecule has 0 aromatic heterocycles. The van der Waals surface area contributed by atoms with Gasteiger partial charge in [-0.1, -0.05) is 11.6 Å². The molecule has 0 bridgehead atoms. The van der Waals surface area contributed by atoms with Crippen molar-refractivity contribution in [2.45, 2.75) is 16.2 Å². The lowest BCUT2D eigenvalue weighted by Gasteiger charge is -2.11. The monoisotopic (exact) mass is 399 g/mol. The Hall–Kier alpha value is -1.41. The lowest BCUT2D eigenvalue weighted by molar-refractivity contribution is 0.297. The zero-order valence-electron chi connectivity index (χ0n) is 13.4. The first kappa shape index (κ1) is 18.4. The highest BCUT2D eigenvalue weighted by molar-refractivity contribution is 7.99. The van der Waals surface area contributed by atoms with Crippen LogP contribution in [0.25, 0.3) is 0 Å². The lowest BCUT2D eigenvalue weighted by Crippen LogP contribution is -2.26. The van der Waals surface area contributed by atoms with E-state index in [-0.39, 0.29) is 4.90 Å². The van der Waals surface area contributed by atoms with E-state index in [2.05, 4.69) is 4.72 Å². The van der Waals surface area contributed by atoms with Gasteiger partial charge in [-0.15, -0.1) is 11.8 Å². The number of hydrogen-bond donors (Lipinski definition) is 1. The first-order valence-corrected chi connectivity index (χ1v) is 10.7. The van der Waals surface area contributed by atoms with Crippen molar-refractivity contribution in [2.75, 3.05) is 25.5 Å². The highest BCUT2D eigenvalue weighted by atomic mass is 35.5. The average molecular weight is 400 g/mol. The molecule has 0 saturated carbocycles. The van der Waals surface area contributed by atoms with E-state index >= 15 is 0 Å². The Morgan fingerprint density at radius 2 is 1.76 bits per heavy atom. The van der Waals surface area contributed by atoms with Gasteiger partial charge in [-0.2, -0.15) is 0 Å². The minimum atomic E-state index is -3.59. The molecule has 2 aromatic carbocycles. The molecule has 5 nitrogen and oxygen atoms in total. The molecule has 0 atom stereocenters. The maximum Gasteiger partial charge on any atom is 0.240 e. The largest absolute Gasteiger partial charge is 0.490 e. The van der Waals surface area contributed by atoms with Crippen molar-refractivity contribution >= 4 is 33.4 Å². The molecule has 0 aliphatic carbocycles. The van der Waals surface area contributed by atoms with Gasteiger partial charge in [0.1, 0.15) is 0 Å². The van der Waals surface area contributed by atoms with Crippen molar-refractivity contribution in [2.24, 2.45) is 0 Å². The Morgan fingerprint density at radius 1 is 1.04 bits per heavy atom. The van der Waals surface area contributed by atoms with Crippen LogP contribution in [-0.4, -0.2) is 33.9 Å². The van der Waals surface area contributed by atoms with Crippen LogP contribution in [0.15, 0.2) is 52.3 Å². The molecule has 0 spiro atoms. The van der Waals surface area contributed by atoms with Crippen LogP contribution in [0.3, 0.4) is 0 Å². The fourth-order valence-electron chi connectivity index (χ4n) is 2.27. The number of sulfonamides is 1. The second kappa shape index (κ2) is 8.31. The molecular weight excluding hydrogens is 382 g/mol. The van der Waals surface area contributed by atoms with Crippen LogP contribution in [0.1, 0.15) is 6.42 Å². The van der Waals surface area contributed by atoms with Gasteiger partial charge in [-0.25, -0.2) is 13.1 Å². The second-order valence-electron chi connectivity index (χ2n) is 5.36. The van der Waals surface area contributed by atoms with Gasteiger partial charge in [0.05, 0.1) is 18.1 Å². The zero-order valence-corrected chi connectivity index (χ0v) is 15.8. The van der Waals surface area contributed by atoms with Gasteiger partial charge in [0, 0.05) is 34.7 Å². The number of fused-ring (bicyclic) bond motifs is 1. The maximum atomic E-state index is 12.4. The molecule has 0 radical (unpaired) electrons. The topological polar surface area (TPSA) is 64.6 Å². The van der Waals surface area contributed by atoms with E-state index in [9.17, 15) is 8.42 Å². The number of thioether (sulfide) groups is 1. The smallest absolute Gasteiger partial charge is 0.240 e. The first-order chi connectivity index (χ1) is 12.0. The molecule has 1 aliphatic rings. The van der Waals surface area contributed by atoms with Crippen LogP contribution in [0.5, 0.6) is 11.5 Å². The van der Waals surface area contributed by atoms with Gasteiger partial charge in [-0.05, 0) is 36.4 Å². The van der Waals surface area contributed by atoms with Gasteiger partial charge < -0.3 is 9.47 Å².